The maximum Gasteiger partial charge on any atom is 0.241 e. The number of nitrogens with one attached hydrogen (secondary N) is 2. The lowest BCUT2D eigenvalue weighted by molar-refractivity contribution is 0.242. The summed E-state index contributed by atoms with van der Waals surface area (Å²) in [6, 6.07) is 1.78. The second-order valence-electron chi connectivity index (χ2n) is 5.82. The van der Waals surface area contributed by atoms with Gasteiger partial charge < -0.3 is 5.32 Å². The van der Waals surface area contributed by atoms with Crippen LogP contribution in [0.1, 0.15) is 38.0 Å². The molecule has 0 radical (unpaired) electrons. The van der Waals surface area contributed by atoms with E-state index in [1.807, 2.05) is 12.4 Å². The normalized spacial score (nSPS) is 27.6. The van der Waals surface area contributed by atoms with Crippen LogP contribution in [0.5, 0.6) is 0 Å². The summed E-state index contributed by atoms with van der Waals surface area (Å²) >= 11 is 1.48. The third kappa shape index (κ3) is 3.61. The van der Waals surface area contributed by atoms with Crippen molar-refractivity contribution in [1.29, 1.82) is 0 Å². The van der Waals surface area contributed by atoms with Crippen molar-refractivity contribution in [2.45, 2.75) is 50.6 Å². The van der Waals surface area contributed by atoms with Crippen LogP contribution in [0.2, 0.25) is 0 Å². The standard InChI is InChI=1S/C14H24N2O2S2/c1-10-4-5-12(8-11(10)2)16-20(17,18)14-6-7-19-13(14)9-15-3/h6-7,10-12,15-16H,4-5,8-9H2,1-3H3. The molecule has 1 heterocycles. The molecule has 6 heteroatoms. The monoisotopic (exact) mass is 316 g/mol. The van der Waals surface area contributed by atoms with Gasteiger partial charge in [-0.1, -0.05) is 13.8 Å². The zero-order chi connectivity index (χ0) is 14.8. The Hall–Kier alpha value is -0.430. The molecule has 0 bridgehead atoms. The van der Waals surface area contributed by atoms with Gasteiger partial charge in [0.05, 0.1) is 4.90 Å². The Morgan fingerprint density at radius 3 is 2.70 bits per heavy atom. The minimum absolute atomic E-state index is 0.0773. The van der Waals surface area contributed by atoms with Crippen molar-refractivity contribution < 1.29 is 8.42 Å². The highest BCUT2D eigenvalue weighted by Gasteiger charge is 2.29. The predicted molar refractivity (Wildman–Crippen MR) is 83.4 cm³/mol. The van der Waals surface area contributed by atoms with Gasteiger partial charge in [-0.05, 0) is 49.6 Å². The van der Waals surface area contributed by atoms with E-state index < -0.39 is 10.0 Å². The molecule has 0 aliphatic heterocycles. The molecule has 4 nitrogen and oxygen atoms in total. The van der Waals surface area contributed by atoms with Crippen molar-refractivity contribution in [2.75, 3.05) is 7.05 Å². The molecule has 0 spiro atoms. The summed E-state index contributed by atoms with van der Waals surface area (Å²) < 4.78 is 27.9. The molecule has 0 aromatic carbocycles. The van der Waals surface area contributed by atoms with Crippen molar-refractivity contribution in [3.8, 4) is 0 Å². The first-order chi connectivity index (χ1) is 9.44. The third-order valence-electron chi connectivity index (χ3n) is 4.25. The lowest BCUT2D eigenvalue weighted by atomic mass is 9.79. The van der Waals surface area contributed by atoms with E-state index in [1.165, 1.54) is 11.3 Å². The molecule has 1 saturated carbocycles. The van der Waals surface area contributed by atoms with Gasteiger partial charge in [0.15, 0.2) is 0 Å². The highest BCUT2D eigenvalue weighted by atomic mass is 32.2. The molecule has 3 atom stereocenters. The zero-order valence-electron chi connectivity index (χ0n) is 12.3. The van der Waals surface area contributed by atoms with Crippen LogP contribution >= 0.6 is 11.3 Å². The number of rotatable bonds is 5. The molecule has 1 aromatic heterocycles. The largest absolute Gasteiger partial charge is 0.315 e. The van der Waals surface area contributed by atoms with Crippen molar-refractivity contribution in [2.24, 2.45) is 11.8 Å². The molecule has 2 rings (SSSR count). The van der Waals surface area contributed by atoms with Gasteiger partial charge in [0.25, 0.3) is 0 Å². The molecule has 114 valence electrons. The maximum atomic E-state index is 12.5. The molecular weight excluding hydrogens is 292 g/mol. The molecule has 2 N–H and O–H groups in total. The van der Waals surface area contributed by atoms with Gasteiger partial charge in [-0.15, -0.1) is 11.3 Å². The first-order valence-electron chi connectivity index (χ1n) is 7.17. The lowest BCUT2D eigenvalue weighted by Gasteiger charge is -2.32. The van der Waals surface area contributed by atoms with Gasteiger partial charge >= 0.3 is 0 Å². The van der Waals surface area contributed by atoms with Crippen LogP contribution in [-0.4, -0.2) is 21.5 Å². The first kappa shape index (κ1) is 15.9. The van der Waals surface area contributed by atoms with Gasteiger partial charge in [0, 0.05) is 17.5 Å². The summed E-state index contributed by atoms with van der Waals surface area (Å²) in [7, 11) is -1.56. The Labute approximate surface area is 126 Å². The molecule has 0 amide bonds. The summed E-state index contributed by atoms with van der Waals surface area (Å²) in [6.45, 7) is 5.05. The number of hydrogen-bond acceptors (Lipinski definition) is 4. The minimum Gasteiger partial charge on any atom is -0.315 e. The Bertz CT molecular complexity index is 539. The molecule has 20 heavy (non-hydrogen) atoms. The van der Waals surface area contributed by atoms with E-state index in [1.54, 1.807) is 6.07 Å². The average Bonchev–Trinajstić information content (AvgIpc) is 2.83. The van der Waals surface area contributed by atoms with E-state index in [4.69, 9.17) is 0 Å². The molecular formula is C14H24N2O2S2. The molecule has 1 aromatic rings. The van der Waals surface area contributed by atoms with Crippen LogP contribution < -0.4 is 10.0 Å². The van der Waals surface area contributed by atoms with E-state index in [0.29, 0.717) is 23.3 Å². The zero-order valence-corrected chi connectivity index (χ0v) is 14.0. The first-order valence-corrected chi connectivity index (χ1v) is 9.53. The summed E-state index contributed by atoms with van der Waals surface area (Å²) in [4.78, 5) is 1.31. The van der Waals surface area contributed by atoms with Crippen LogP contribution in [0, 0.1) is 11.8 Å². The van der Waals surface area contributed by atoms with Crippen LogP contribution in [0.15, 0.2) is 16.3 Å². The molecule has 1 aliphatic carbocycles. The van der Waals surface area contributed by atoms with Gasteiger partial charge in [0.2, 0.25) is 10.0 Å². The Morgan fingerprint density at radius 2 is 2.05 bits per heavy atom. The van der Waals surface area contributed by atoms with E-state index in [-0.39, 0.29) is 6.04 Å². The van der Waals surface area contributed by atoms with Crippen LogP contribution in [0.4, 0.5) is 0 Å². The maximum absolute atomic E-state index is 12.5. The summed E-state index contributed by atoms with van der Waals surface area (Å²) in [5, 5.41) is 4.86. The lowest BCUT2D eigenvalue weighted by Crippen LogP contribution is -2.40. The molecule has 1 aliphatic rings. The smallest absolute Gasteiger partial charge is 0.241 e. The van der Waals surface area contributed by atoms with Gasteiger partial charge in [-0.25, -0.2) is 13.1 Å². The summed E-state index contributed by atoms with van der Waals surface area (Å²) in [6.07, 6.45) is 2.98. The number of hydrogen-bond donors (Lipinski definition) is 2. The molecule has 3 unspecified atom stereocenters. The van der Waals surface area contributed by atoms with Crippen molar-refractivity contribution in [3.05, 3.63) is 16.3 Å². The summed E-state index contributed by atoms with van der Waals surface area (Å²) in [5.74, 6) is 1.27. The third-order valence-corrected chi connectivity index (χ3v) is 6.91. The minimum atomic E-state index is -3.39. The second kappa shape index (κ2) is 6.56. The highest BCUT2D eigenvalue weighted by molar-refractivity contribution is 7.89. The fraction of sp³-hybridized carbons (Fsp3) is 0.714. The van der Waals surface area contributed by atoms with E-state index in [9.17, 15) is 8.42 Å². The Kier molecular flexibility index (Phi) is 5.23. The van der Waals surface area contributed by atoms with Gasteiger partial charge in [-0.2, -0.15) is 0 Å². The highest BCUT2D eigenvalue weighted by Crippen LogP contribution is 2.30. The van der Waals surface area contributed by atoms with Crippen molar-refractivity contribution in [1.82, 2.24) is 10.0 Å². The van der Waals surface area contributed by atoms with Gasteiger partial charge in [-0.3, -0.25) is 0 Å². The van der Waals surface area contributed by atoms with E-state index >= 15 is 0 Å². The number of thiophene rings is 1. The van der Waals surface area contributed by atoms with E-state index in [0.717, 1.165) is 24.1 Å². The number of sulfonamides is 1. The van der Waals surface area contributed by atoms with Crippen LogP contribution in [-0.2, 0) is 16.6 Å². The SMILES string of the molecule is CNCc1sccc1S(=O)(=O)NC1CCC(C)C(C)C1. The van der Waals surface area contributed by atoms with Crippen LogP contribution in [0.3, 0.4) is 0 Å². The molecule has 0 saturated heterocycles. The fourth-order valence-corrected chi connectivity index (χ4v) is 5.53. The molecule has 1 fully saturated rings. The van der Waals surface area contributed by atoms with E-state index in [2.05, 4.69) is 23.9 Å². The fourth-order valence-electron chi connectivity index (χ4n) is 2.80. The van der Waals surface area contributed by atoms with Gasteiger partial charge in [0.1, 0.15) is 0 Å². The predicted octanol–water partition coefficient (Wildman–Crippen LogP) is 2.57. The van der Waals surface area contributed by atoms with Crippen LogP contribution in [0.25, 0.3) is 0 Å². The Morgan fingerprint density at radius 1 is 1.30 bits per heavy atom. The van der Waals surface area contributed by atoms with Crippen molar-refractivity contribution in [3.63, 3.8) is 0 Å². The van der Waals surface area contributed by atoms with Crippen molar-refractivity contribution >= 4 is 21.4 Å². The quantitative estimate of drug-likeness (QED) is 0.878. The Balaban J connectivity index is 2.09. The topological polar surface area (TPSA) is 58.2 Å². The summed E-state index contributed by atoms with van der Waals surface area (Å²) in [5.41, 5.74) is 0. The second-order valence-corrected chi connectivity index (χ2v) is 8.51. The average molecular weight is 316 g/mol.